The van der Waals surface area contributed by atoms with Gasteiger partial charge in [0.1, 0.15) is 6.04 Å². The van der Waals surface area contributed by atoms with Gasteiger partial charge in [-0.1, -0.05) is 0 Å². The van der Waals surface area contributed by atoms with Gasteiger partial charge in [-0.15, -0.1) is 11.3 Å². The Morgan fingerprint density at radius 3 is 2.67 bits per heavy atom. The minimum Gasteiger partial charge on any atom is -0.480 e. The summed E-state index contributed by atoms with van der Waals surface area (Å²) in [6, 6.07) is 1.44. The van der Waals surface area contributed by atoms with E-state index in [1.807, 2.05) is 16.3 Å². The zero-order valence-electron chi connectivity index (χ0n) is 8.15. The fourth-order valence-electron chi connectivity index (χ4n) is 1.93. The van der Waals surface area contributed by atoms with Crippen LogP contribution in [0.3, 0.4) is 0 Å². The molecule has 2 heterocycles. The van der Waals surface area contributed by atoms with E-state index in [1.165, 1.54) is 11.3 Å². The van der Waals surface area contributed by atoms with Crippen LogP contribution >= 0.6 is 27.3 Å². The molecular formula is C10H12BrNO2S. The topological polar surface area (TPSA) is 40.5 Å². The van der Waals surface area contributed by atoms with Crippen molar-refractivity contribution < 1.29 is 9.90 Å². The zero-order chi connectivity index (χ0) is 10.8. The number of carboxylic acid groups (broad SMARTS) is 1. The van der Waals surface area contributed by atoms with E-state index in [0.29, 0.717) is 0 Å². The van der Waals surface area contributed by atoms with E-state index in [1.54, 1.807) is 0 Å². The molecule has 0 saturated carbocycles. The Labute approximate surface area is 101 Å². The molecule has 0 spiro atoms. The van der Waals surface area contributed by atoms with Crippen molar-refractivity contribution in [1.82, 2.24) is 4.90 Å². The first-order chi connectivity index (χ1) is 7.20. The lowest BCUT2D eigenvalue weighted by atomic mass is 10.2. The predicted octanol–water partition coefficient (Wildman–Crippen LogP) is 2.73. The number of hydrogen-bond acceptors (Lipinski definition) is 3. The average molecular weight is 290 g/mol. The van der Waals surface area contributed by atoms with Crippen molar-refractivity contribution in [2.24, 2.45) is 0 Å². The molecule has 1 atom stereocenters. The first-order valence-electron chi connectivity index (χ1n) is 4.90. The van der Waals surface area contributed by atoms with Crippen molar-refractivity contribution in [3.8, 4) is 0 Å². The Kier molecular flexibility index (Phi) is 3.43. The summed E-state index contributed by atoms with van der Waals surface area (Å²) in [5.74, 6) is -0.750. The van der Waals surface area contributed by atoms with Crippen LogP contribution < -0.4 is 0 Å². The van der Waals surface area contributed by atoms with E-state index < -0.39 is 12.0 Å². The molecule has 5 heteroatoms. The number of hydrogen-bond donors (Lipinski definition) is 1. The number of halogens is 1. The highest BCUT2D eigenvalue weighted by Gasteiger charge is 2.31. The number of thiophene rings is 1. The lowest BCUT2D eigenvalue weighted by Crippen LogP contribution is -2.31. The molecule has 0 radical (unpaired) electrons. The van der Waals surface area contributed by atoms with Gasteiger partial charge in [0.15, 0.2) is 0 Å². The van der Waals surface area contributed by atoms with E-state index in [0.717, 1.165) is 35.3 Å². The first kappa shape index (κ1) is 11.1. The van der Waals surface area contributed by atoms with Crippen molar-refractivity contribution in [3.05, 3.63) is 20.8 Å². The molecule has 1 N–H and O–H groups in total. The van der Waals surface area contributed by atoms with Crippen molar-refractivity contribution in [3.63, 3.8) is 0 Å². The summed E-state index contributed by atoms with van der Waals surface area (Å²) in [7, 11) is 0. The second kappa shape index (κ2) is 4.63. The van der Waals surface area contributed by atoms with Crippen LogP contribution in [-0.2, 0) is 4.79 Å². The van der Waals surface area contributed by atoms with E-state index in [9.17, 15) is 9.90 Å². The molecular weight excluding hydrogens is 278 g/mol. The Balaban J connectivity index is 2.27. The lowest BCUT2D eigenvalue weighted by molar-refractivity contribution is -0.143. The third-order valence-electron chi connectivity index (χ3n) is 2.63. The van der Waals surface area contributed by atoms with Gasteiger partial charge in [-0.25, -0.2) is 0 Å². The maximum Gasteiger partial charge on any atom is 0.326 e. The van der Waals surface area contributed by atoms with Crippen LogP contribution in [0, 0.1) is 0 Å². The molecule has 82 valence electrons. The maximum atomic E-state index is 11.3. The highest BCUT2D eigenvalue weighted by molar-refractivity contribution is 9.10. The molecule has 1 aliphatic heterocycles. The van der Waals surface area contributed by atoms with Gasteiger partial charge in [-0.2, -0.15) is 0 Å². The lowest BCUT2D eigenvalue weighted by Gasteiger charge is -2.22. The normalized spacial score (nSPS) is 19.3. The second-order valence-corrected chi connectivity index (χ2v) is 5.42. The van der Waals surface area contributed by atoms with Gasteiger partial charge >= 0.3 is 5.97 Å². The standard InChI is InChI=1S/C10H12BrNO2S/c11-7-3-6-15-9(7)8(10(13)14)12-4-1-2-5-12/h3,6,8H,1-2,4-5H2,(H,13,14). The molecule has 1 saturated heterocycles. The van der Waals surface area contributed by atoms with Gasteiger partial charge in [0.25, 0.3) is 0 Å². The van der Waals surface area contributed by atoms with Crippen molar-refractivity contribution in [2.45, 2.75) is 18.9 Å². The summed E-state index contributed by atoms with van der Waals surface area (Å²) in [6.07, 6.45) is 2.21. The van der Waals surface area contributed by atoms with E-state index >= 15 is 0 Å². The summed E-state index contributed by atoms with van der Waals surface area (Å²) in [5, 5.41) is 11.2. The summed E-state index contributed by atoms with van der Waals surface area (Å²) in [6.45, 7) is 1.78. The van der Waals surface area contributed by atoms with Crippen molar-refractivity contribution >= 4 is 33.2 Å². The van der Waals surface area contributed by atoms with Crippen molar-refractivity contribution in [2.75, 3.05) is 13.1 Å². The summed E-state index contributed by atoms with van der Waals surface area (Å²) < 4.78 is 0.909. The second-order valence-electron chi connectivity index (χ2n) is 3.62. The molecule has 1 unspecified atom stereocenters. The van der Waals surface area contributed by atoms with Crippen LogP contribution in [0.15, 0.2) is 15.9 Å². The number of carboxylic acids is 1. The van der Waals surface area contributed by atoms with E-state index in [-0.39, 0.29) is 0 Å². The Hall–Kier alpha value is -0.390. The van der Waals surface area contributed by atoms with Gasteiger partial charge in [0.05, 0.1) is 0 Å². The van der Waals surface area contributed by atoms with E-state index in [4.69, 9.17) is 0 Å². The third-order valence-corrected chi connectivity index (χ3v) is 4.56. The number of aliphatic carboxylic acids is 1. The minimum atomic E-state index is -0.750. The highest BCUT2D eigenvalue weighted by atomic mass is 79.9. The fraction of sp³-hybridized carbons (Fsp3) is 0.500. The quantitative estimate of drug-likeness (QED) is 0.930. The largest absolute Gasteiger partial charge is 0.480 e. The number of likely N-dealkylation sites (tertiary alicyclic amines) is 1. The third kappa shape index (κ3) is 2.24. The minimum absolute atomic E-state index is 0.470. The van der Waals surface area contributed by atoms with Gasteiger partial charge in [0, 0.05) is 9.35 Å². The predicted molar refractivity (Wildman–Crippen MR) is 63.2 cm³/mol. The molecule has 1 aromatic rings. The molecule has 2 rings (SSSR count). The fourth-order valence-corrected chi connectivity index (χ4v) is 3.65. The van der Waals surface area contributed by atoms with Crippen LogP contribution in [0.2, 0.25) is 0 Å². The summed E-state index contributed by atoms with van der Waals surface area (Å²) in [4.78, 5) is 14.2. The smallest absolute Gasteiger partial charge is 0.326 e. The van der Waals surface area contributed by atoms with Gasteiger partial charge in [0.2, 0.25) is 0 Å². The number of nitrogens with zero attached hydrogens (tertiary/aromatic N) is 1. The molecule has 0 aromatic carbocycles. The van der Waals surface area contributed by atoms with Crippen LogP contribution in [0.5, 0.6) is 0 Å². The monoisotopic (exact) mass is 289 g/mol. The number of carbonyl (C=O) groups is 1. The molecule has 3 nitrogen and oxygen atoms in total. The Bertz CT molecular complexity index is 360. The maximum absolute atomic E-state index is 11.3. The summed E-state index contributed by atoms with van der Waals surface area (Å²) in [5.41, 5.74) is 0. The average Bonchev–Trinajstić information content (AvgIpc) is 2.79. The van der Waals surface area contributed by atoms with Gasteiger partial charge in [-0.05, 0) is 53.3 Å². The van der Waals surface area contributed by atoms with Gasteiger partial charge < -0.3 is 5.11 Å². The highest BCUT2D eigenvalue weighted by Crippen LogP contribution is 2.34. The SMILES string of the molecule is O=C(O)C(c1sccc1Br)N1CCCC1. The van der Waals surface area contributed by atoms with Gasteiger partial charge in [-0.3, -0.25) is 9.69 Å². The molecule has 0 bridgehead atoms. The molecule has 0 amide bonds. The van der Waals surface area contributed by atoms with E-state index in [2.05, 4.69) is 15.9 Å². The molecule has 1 aliphatic rings. The van der Waals surface area contributed by atoms with Crippen LogP contribution in [-0.4, -0.2) is 29.1 Å². The summed E-state index contributed by atoms with van der Waals surface area (Å²) >= 11 is 4.91. The molecule has 1 aromatic heterocycles. The number of rotatable bonds is 3. The van der Waals surface area contributed by atoms with Crippen LogP contribution in [0.1, 0.15) is 23.8 Å². The molecule has 15 heavy (non-hydrogen) atoms. The van der Waals surface area contributed by atoms with Crippen molar-refractivity contribution in [1.29, 1.82) is 0 Å². The van der Waals surface area contributed by atoms with Crippen LogP contribution in [0.25, 0.3) is 0 Å². The molecule has 1 fully saturated rings. The zero-order valence-corrected chi connectivity index (χ0v) is 10.6. The first-order valence-corrected chi connectivity index (χ1v) is 6.57. The molecule has 0 aliphatic carbocycles. The Morgan fingerprint density at radius 2 is 2.20 bits per heavy atom. The van der Waals surface area contributed by atoms with Crippen LogP contribution in [0.4, 0.5) is 0 Å². The Morgan fingerprint density at radius 1 is 1.53 bits per heavy atom.